The van der Waals surface area contributed by atoms with Gasteiger partial charge in [0.1, 0.15) is 0 Å². The molecule has 0 radical (unpaired) electrons. The molecule has 0 aliphatic carbocycles. The van der Waals surface area contributed by atoms with Crippen molar-refractivity contribution in [2.24, 2.45) is 0 Å². The fourth-order valence-corrected chi connectivity index (χ4v) is 2.42. The van der Waals surface area contributed by atoms with Crippen molar-refractivity contribution in [3.8, 4) is 0 Å². The Morgan fingerprint density at radius 2 is 2.12 bits per heavy atom. The molecular weight excluding hydrogens is 222 g/mol. The highest BCUT2D eigenvalue weighted by Crippen LogP contribution is 2.16. The van der Waals surface area contributed by atoms with Crippen LogP contribution in [0, 0.1) is 6.92 Å². The molecule has 1 heterocycles. The smallest absolute Gasteiger partial charge is 0.407 e. The molecule has 0 aliphatic heterocycles. The molecule has 16 heavy (non-hydrogen) atoms. The SMILES string of the molecule is Cc1ccc(CC(C)NC(=O)OC(C)C)s1. The van der Waals surface area contributed by atoms with Gasteiger partial charge in [0, 0.05) is 22.2 Å². The Morgan fingerprint density at radius 1 is 1.44 bits per heavy atom. The predicted octanol–water partition coefficient (Wildman–Crippen LogP) is 3.12. The van der Waals surface area contributed by atoms with Crippen LogP contribution in [0.5, 0.6) is 0 Å². The molecule has 0 bridgehead atoms. The van der Waals surface area contributed by atoms with E-state index in [9.17, 15) is 4.79 Å². The molecule has 1 amide bonds. The zero-order valence-electron chi connectivity index (χ0n) is 10.2. The third-order valence-corrected chi connectivity index (χ3v) is 3.03. The maximum absolute atomic E-state index is 11.3. The molecule has 1 aromatic heterocycles. The first-order valence-corrected chi connectivity index (χ1v) is 6.31. The van der Waals surface area contributed by atoms with Crippen LogP contribution in [0.25, 0.3) is 0 Å². The minimum Gasteiger partial charge on any atom is -0.447 e. The number of thiophene rings is 1. The fourth-order valence-electron chi connectivity index (χ4n) is 1.40. The van der Waals surface area contributed by atoms with Gasteiger partial charge in [-0.05, 0) is 39.8 Å². The number of aryl methyl sites for hydroxylation is 1. The first-order chi connectivity index (χ1) is 7.47. The molecule has 0 fully saturated rings. The highest BCUT2D eigenvalue weighted by atomic mass is 32.1. The van der Waals surface area contributed by atoms with Gasteiger partial charge in [-0.25, -0.2) is 4.79 Å². The lowest BCUT2D eigenvalue weighted by atomic mass is 10.2. The van der Waals surface area contributed by atoms with Gasteiger partial charge in [0.15, 0.2) is 0 Å². The van der Waals surface area contributed by atoms with Crippen LogP contribution < -0.4 is 5.32 Å². The van der Waals surface area contributed by atoms with E-state index in [4.69, 9.17) is 4.74 Å². The van der Waals surface area contributed by atoms with E-state index >= 15 is 0 Å². The Kier molecular flexibility index (Phi) is 4.80. The second-order valence-corrected chi connectivity index (χ2v) is 5.59. The number of carbonyl (C=O) groups is 1. The van der Waals surface area contributed by atoms with E-state index < -0.39 is 0 Å². The third-order valence-electron chi connectivity index (χ3n) is 2.01. The molecule has 1 atom stereocenters. The van der Waals surface area contributed by atoms with E-state index in [1.54, 1.807) is 11.3 Å². The van der Waals surface area contributed by atoms with Crippen molar-refractivity contribution in [3.63, 3.8) is 0 Å². The van der Waals surface area contributed by atoms with E-state index in [0.717, 1.165) is 6.42 Å². The molecule has 0 saturated heterocycles. The molecule has 1 N–H and O–H groups in total. The normalized spacial score (nSPS) is 12.6. The largest absolute Gasteiger partial charge is 0.447 e. The van der Waals surface area contributed by atoms with Crippen LogP contribution in [-0.2, 0) is 11.2 Å². The first-order valence-electron chi connectivity index (χ1n) is 5.50. The number of nitrogens with one attached hydrogen (secondary N) is 1. The summed E-state index contributed by atoms with van der Waals surface area (Å²) in [6, 6.07) is 4.30. The average molecular weight is 241 g/mol. The predicted molar refractivity (Wildman–Crippen MR) is 67.0 cm³/mol. The van der Waals surface area contributed by atoms with E-state index in [1.807, 2.05) is 20.8 Å². The van der Waals surface area contributed by atoms with Crippen molar-refractivity contribution in [3.05, 3.63) is 21.9 Å². The summed E-state index contributed by atoms with van der Waals surface area (Å²) in [7, 11) is 0. The first kappa shape index (κ1) is 13.0. The van der Waals surface area contributed by atoms with Gasteiger partial charge >= 0.3 is 6.09 Å². The van der Waals surface area contributed by atoms with Crippen LogP contribution >= 0.6 is 11.3 Å². The number of carbonyl (C=O) groups excluding carboxylic acids is 1. The standard InChI is InChI=1S/C12H19NO2S/c1-8(2)15-12(14)13-9(3)7-11-6-5-10(4)16-11/h5-6,8-9H,7H2,1-4H3,(H,13,14). The molecule has 90 valence electrons. The quantitative estimate of drug-likeness (QED) is 0.879. The monoisotopic (exact) mass is 241 g/mol. The van der Waals surface area contributed by atoms with E-state index in [0.29, 0.717) is 0 Å². The second-order valence-electron chi connectivity index (χ2n) is 4.22. The van der Waals surface area contributed by atoms with Gasteiger partial charge in [0.2, 0.25) is 0 Å². The molecule has 0 spiro atoms. The van der Waals surface area contributed by atoms with Crippen LogP contribution in [0.2, 0.25) is 0 Å². The summed E-state index contributed by atoms with van der Waals surface area (Å²) in [4.78, 5) is 13.9. The number of rotatable bonds is 4. The van der Waals surface area contributed by atoms with Crippen molar-refractivity contribution >= 4 is 17.4 Å². The average Bonchev–Trinajstić information content (AvgIpc) is 2.48. The molecule has 0 aromatic carbocycles. The number of alkyl carbamates (subject to hydrolysis) is 1. The minimum atomic E-state index is -0.337. The summed E-state index contributed by atoms with van der Waals surface area (Å²) in [6.45, 7) is 7.75. The topological polar surface area (TPSA) is 38.3 Å². The van der Waals surface area contributed by atoms with Crippen molar-refractivity contribution in [2.75, 3.05) is 0 Å². The summed E-state index contributed by atoms with van der Waals surface area (Å²) in [5.41, 5.74) is 0. The Morgan fingerprint density at radius 3 is 2.62 bits per heavy atom. The Hall–Kier alpha value is -1.03. The highest BCUT2D eigenvalue weighted by Gasteiger charge is 2.10. The number of ether oxygens (including phenoxy) is 1. The maximum atomic E-state index is 11.3. The number of amides is 1. The van der Waals surface area contributed by atoms with Gasteiger partial charge in [-0.15, -0.1) is 11.3 Å². The van der Waals surface area contributed by atoms with Crippen LogP contribution in [0.1, 0.15) is 30.5 Å². The number of hydrogen-bond donors (Lipinski definition) is 1. The Balaban J connectivity index is 2.35. The lowest BCUT2D eigenvalue weighted by Gasteiger charge is -2.14. The molecule has 0 aliphatic rings. The summed E-state index contributed by atoms with van der Waals surface area (Å²) in [5, 5.41) is 2.81. The van der Waals surface area contributed by atoms with E-state index in [2.05, 4.69) is 24.4 Å². The molecule has 4 heteroatoms. The summed E-state index contributed by atoms with van der Waals surface area (Å²) >= 11 is 1.76. The molecular formula is C12H19NO2S. The van der Waals surface area contributed by atoms with Gasteiger partial charge in [-0.2, -0.15) is 0 Å². The lowest BCUT2D eigenvalue weighted by Crippen LogP contribution is -2.35. The van der Waals surface area contributed by atoms with Crippen molar-refractivity contribution in [2.45, 2.75) is 46.3 Å². The van der Waals surface area contributed by atoms with E-state index in [-0.39, 0.29) is 18.2 Å². The van der Waals surface area contributed by atoms with Crippen LogP contribution in [-0.4, -0.2) is 18.2 Å². The Bertz CT molecular complexity index is 347. The van der Waals surface area contributed by atoms with Gasteiger partial charge in [0.25, 0.3) is 0 Å². The van der Waals surface area contributed by atoms with Gasteiger partial charge in [0.05, 0.1) is 6.10 Å². The third kappa shape index (κ3) is 4.66. The van der Waals surface area contributed by atoms with Crippen LogP contribution in [0.4, 0.5) is 4.79 Å². The number of hydrogen-bond acceptors (Lipinski definition) is 3. The molecule has 0 saturated carbocycles. The van der Waals surface area contributed by atoms with Crippen molar-refractivity contribution < 1.29 is 9.53 Å². The van der Waals surface area contributed by atoms with E-state index in [1.165, 1.54) is 9.75 Å². The maximum Gasteiger partial charge on any atom is 0.407 e. The fraction of sp³-hybridized carbons (Fsp3) is 0.583. The zero-order chi connectivity index (χ0) is 12.1. The Labute approximate surface area is 101 Å². The summed E-state index contributed by atoms with van der Waals surface area (Å²) in [6.07, 6.45) is 0.443. The summed E-state index contributed by atoms with van der Waals surface area (Å²) in [5.74, 6) is 0. The molecule has 1 unspecified atom stereocenters. The van der Waals surface area contributed by atoms with Gasteiger partial charge < -0.3 is 10.1 Å². The second kappa shape index (κ2) is 5.89. The summed E-state index contributed by atoms with van der Waals surface area (Å²) < 4.78 is 5.02. The van der Waals surface area contributed by atoms with Crippen molar-refractivity contribution in [1.29, 1.82) is 0 Å². The molecule has 1 rings (SSSR count). The zero-order valence-corrected chi connectivity index (χ0v) is 11.1. The highest BCUT2D eigenvalue weighted by molar-refractivity contribution is 7.11. The molecule has 3 nitrogen and oxygen atoms in total. The van der Waals surface area contributed by atoms with Gasteiger partial charge in [-0.1, -0.05) is 0 Å². The van der Waals surface area contributed by atoms with Crippen LogP contribution in [0.3, 0.4) is 0 Å². The van der Waals surface area contributed by atoms with Gasteiger partial charge in [-0.3, -0.25) is 0 Å². The lowest BCUT2D eigenvalue weighted by molar-refractivity contribution is 0.113. The van der Waals surface area contributed by atoms with Crippen molar-refractivity contribution in [1.82, 2.24) is 5.32 Å². The molecule has 1 aromatic rings. The minimum absolute atomic E-state index is 0.0730. The van der Waals surface area contributed by atoms with Crippen LogP contribution in [0.15, 0.2) is 12.1 Å².